The van der Waals surface area contributed by atoms with Crippen molar-refractivity contribution in [2.45, 2.75) is 24.3 Å². The van der Waals surface area contributed by atoms with Crippen LogP contribution < -0.4 is 5.73 Å². The van der Waals surface area contributed by atoms with Crippen molar-refractivity contribution in [1.29, 1.82) is 0 Å². The minimum Gasteiger partial charge on any atom is -0.326 e. The summed E-state index contributed by atoms with van der Waals surface area (Å²) in [5.74, 6) is -3.08. The molecule has 0 aliphatic carbocycles. The minimum absolute atomic E-state index is 0.0203. The summed E-state index contributed by atoms with van der Waals surface area (Å²) in [6.45, 7) is 0.737. The van der Waals surface area contributed by atoms with Crippen molar-refractivity contribution < 1.29 is 17.2 Å². The number of alkyl halides is 2. The lowest BCUT2D eigenvalue weighted by Gasteiger charge is -2.13. The standard InChI is InChI=1S/C10H13F2NO2S/c1-10(11,12)8-3-7(6-13)4-9(5-8)16(2,14)15/h3-5H,6,13H2,1-2H3. The van der Waals surface area contributed by atoms with Gasteiger partial charge in [0.05, 0.1) is 4.90 Å². The van der Waals surface area contributed by atoms with Crippen LogP contribution in [0, 0.1) is 0 Å². The maximum Gasteiger partial charge on any atom is 0.270 e. The number of hydrogen-bond acceptors (Lipinski definition) is 3. The van der Waals surface area contributed by atoms with Gasteiger partial charge in [0, 0.05) is 25.3 Å². The van der Waals surface area contributed by atoms with Gasteiger partial charge in [-0.2, -0.15) is 0 Å². The van der Waals surface area contributed by atoms with Crippen LogP contribution in [0.25, 0.3) is 0 Å². The number of halogens is 2. The Hall–Kier alpha value is -1.01. The second-order valence-electron chi connectivity index (χ2n) is 3.73. The number of nitrogens with two attached hydrogens (primary N) is 1. The van der Waals surface area contributed by atoms with Gasteiger partial charge in [-0.05, 0) is 23.8 Å². The van der Waals surface area contributed by atoms with E-state index in [0.29, 0.717) is 12.5 Å². The lowest BCUT2D eigenvalue weighted by molar-refractivity contribution is 0.0172. The van der Waals surface area contributed by atoms with Gasteiger partial charge in [-0.25, -0.2) is 17.2 Å². The van der Waals surface area contributed by atoms with Crippen molar-refractivity contribution in [2.75, 3.05) is 6.26 Å². The van der Waals surface area contributed by atoms with Gasteiger partial charge in [-0.15, -0.1) is 0 Å². The minimum atomic E-state index is -3.51. The summed E-state index contributed by atoms with van der Waals surface area (Å²) < 4.78 is 48.8. The lowest BCUT2D eigenvalue weighted by atomic mass is 10.1. The van der Waals surface area contributed by atoms with Crippen LogP contribution in [-0.2, 0) is 22.3 Å². The van der Waals surface area contributed by atoms with Gasteiger partial charge in [0.1, 0.15) is 0 Å². The number of sulfone groups is 1. The van der Waals surface area contributed by atoms with Gasteiger partial charge in [-0.1, -0.05) is 0 Å². The molecule has 6 heteroatoms. The van der Waals surface area contributed by atoms with E-state index >= 15 is 0 Å². The predicted octanol–water partition coefficient (Wildman–Crippen LogP) is 1.66. The van der Waals surface area contributed by atoms with E-state index < -0.39 is 15.8 Å². The maximum absolute atomic E-state index is 13.1. The van der Waals surface area contributed by atoms with Crippen LogP contribution in [0.2, 0.25) is 0 Å². The van der Waals surface area contributed by atoms with Gasteiger partial charge < -0.3 is 5.73 Å². The largest absolute Gasteiger partial charge is 0.326 e. The topological polar surface area (TPSA) is 60.2 Å². The molecule has 0 spiro atoms. The van der Waals surface area contributed by atoms with Gasteiger partial charge in [0.2, 0.25) is 0 Å². The van der Waals surface area contributed by atoms with E-state index in [1.165, 1.54) is 12.1 Å². The Morgan fingerprint density at radius 2 is 1.88 bits per heavy atom. The van der Waals surface area contributed by atoms with E-state index in [1.807, 2.05) is 0 Å². The molecule has 0 amide bonds. The van der Waals surface area contributed by atoms with Crippen LogP contribution in [0.4, 0.5) is 8.78 Å². The Balaban J connectivity index is 3.45. The average molecular weight is 249 g/mol. The highest BCUT2D eigenvalue weighted by molar-refractivity contribution is 7.90. The van der Waals surface area contributed by atoms with E-state index in [9.17, 15) is 17.2 Å². The monoisotopic (exact) mass is 249 g/mol. The molecule has 0 unspecified atom stereocenters. The van der Waals surface area contributed by atoms with Gasteiger partial charge in [0.15, 0.2) is 9.84 Å². The molecule has 90 valence electrons. The molecule has 16 heavy (non-hydrogen) atoms. The molecule has 2 N–H and O–H groups in total. The van der Waals surface area contributed by atoms with E-state index in [-0.39, 0.29) is 17.0 Å². The van der Waals surface area contributed by atoms with Gasteiger partial charge in [-0.3, -0.25) is 0 Å². The van der Waals surface area contributed by atoms with Crippen LogP contribution >= 0.6 is 0 Å². The molecule has 0 aromatic heterocycles. The number of benzene rings is 1. The summed E-state index contributed by atoms with van der Waals surface area (Å²) in [7, 11) is -3.51. The highest BCUT2D eigenvalue weighted by atomic mass is 32.2. The van der Waals surface area contributed by atoms with Crippen molar-refractivity contribution in [3.05, 3.63) is 29.3 Å². The quantitative estimate of drug-likeness (QED) is 0.886. The van der Waals surface area contributed by atoms with E-state index in [1.54, 1.807) is 0 Å². The highest BCUT2D eigenvalue weighted by Gasteiger charge is 2.26. The third-order valence-electron chi connectivity index (χ3n) is 2.14. The van der Waals surface area contributed by atoms with E-state index in [4.69, 9.17) is 5.73 Å². The number of hydrogen-bond donors (Lipinski definition) is 1. The molecule has 0 aliphatic heterocycles. The van der Waals surface area contributed by atoms with Crippen molar-refractivity contribution in [2.24, 2.45) is 5.73 Å². The zero-order valence-corrected chi connectivity index (χ0v) is 9.81. The van der Waals surface area contributed by atoms with Crippen LogP contribution in [0.1, 0.15) is 18.1 Å². The van der Waals surface area contributed by atoms with Crippen LogP contribution in [0.15, 0.2) is 23.1 Å². The molecular formula is C10H13F2NO2S. The van der Waals surface area contributed by atoms with Crippen LogP contribution in [0.5, 0.6) is 0 Å². The van der Waals surface area contributed by atoms with Crippen molar-refractivity contribution in [3.63, 3.8) is 0 Å². The summed E-state index contributed by atoms with van der Waals surface area (Å²) in [4.78, 5) is -0.132. The van der Waals surface area contributed by atoms with Crippen LogP contribution in [0.3, 0.4) is 0 Å². The Morgan fingerprint density at radius 1 is 1.31 bits per heavy atom. The molecule has 0 saturated carbocycles. The van der Waals surface area contributed by atoms with Gasteiger partial charge in [0.25, 0.3) is 5.92 Å². The van der Waals surface area contributed by atoms with E-state index in [0.717, 1.165) is 12.3 Å². The molecule has 0 aliphatic rings. The first-order valence-electron chi connectivity index (χ1n) is 4.57. The lowest BCUT2D eigenvalue weighted by Crippen LogP contribution is -2.11. The first kappa shape index (κ1) is 13.1. The zero-order valence-electron chi connectivity index (χ0n) is 9.00. The molecule has 0 radical (unpaired) electrons. The predicted molar refractivity (Wildman–Crippen MR) is 57.0 cm³/mol. The smallest absolute Gasteiger partial charge is 0.270 e. The first-order valence-corrected chi connectivity index (χ1v) is 6.46. The summed E-state index contributed by atoms with van der Waals surface area (Å²) in [6, 6.07) is 3.51. The zero-order chi connectivity index (χ0) is 12.6. The second kappa shape index (κ2) is 4.10. The molecular weight excluding hydrogens is 236 g/mol. The SMILES string of the molecule is CC(F)(F)c1cc(CN)cc(S(C)(=O)=O)c1. The Kier molecular flexibility index (Phi) is 3.35. The molecule has 0 heterocycles. The Labute approximate surface area is 93.2 Å². The fourth-order valence-corrected chi connectivity index (χ4v) is 1.95. The third-order valence-corrected chi connectivity index (χ3v) is 3.23. The first-order chi connectivity index (χ1) is 7.14. The fourth-order valence-electron chi connectivity index (χ4n) is 1.25. The third kappa shape index (κ3) is 2.99. The fraction of sp³-hybridized carbons (Fsp3) is 0.400. The molecule has 0 bridgehead atoms. The highest BCUT2D eigenvalue weighted by Crippen LogP contribution is 2.29. The molecule has 0 saturated heterocycles. The van der Waals surface area contributed by atoms with Crippen molar-refractivity contribution >= 4 is 9.84 Å². The average Bonchev–Trinajstić information content (AvgIpc) is 2.14. The summed E-state index contributed by atoms with van der Waals surface area (Å²) in [5, 5.41) is 0. The number of rotatable bonds is 3. The molecule has 1 aromatic rings. The van der Waals surface area contributed by atoms with Crippen molar-refractivity contribution in [3.8, 4) is 0 Å². The van der Waals surface area contributed by atoms with E-state index in [2.05, 4.69) is 0 Å². The second-order valence-corrected chi connectivity index (χ2v) is 5.75. The van der Waals surface area contributed by atoms with Crippen molar-refractivity contribution in [1.82, 2.24) is 0 Å². The summed E-state index contributed by atoms with van der Waals surface area (Å²) in [5.41, 5.74) is 5.37. The Morgan fingerprint density at radius 3 is 2.25 bits per heavy atom. The molecule has 1 rings (SSSR count). The van der Waals surface area contributed by atoms with Crippen LogP contribution in [-0.4, -0.2) is 14.7 Å². The Bertz CT molecular complexity index is 492. The summed E-state index contributed by atoms with van der Waals surface area (Å²) >= 11 is 0. The van der Waals surface area contributed by atoms with Gasteiger partial charge >= 0.3 is 0 Å². The normalized spacial score (nSPS) is 12.8. The molecule has 3 nitrogen and oxygen atoms in total. The molecule has 0 atom stereocenters. The molecule has 1 aromatic carbocycles. The summed E-state index contributed by atoms with van der Waals surface area (Å²) in [6.07, 6.45) is 0.972. The maximum atomic E-state index is 13.1. The molecule has 0 fully saturated rings.